The van der Waals surface area contributed by atoms with E-state index in [0.29, 0.717) is 19.0 Å². The van der Waals surface area contributed by atoms with E-state index in [4.69, 9.17) is 4.74 Å². The van der Waals surface area contributed by atoms with Crippen molar-refractivity contribution in [3.63, 3.8) is 0 Å². The van der Waals surface area contributed by atoms with Crippen LogP contribution in [0.2, 0.25) is 0 Å². The smallest absolute Gasteiger partial charge is 0.260 e. The minimum atomic E-state index is -0.725. The molecule has 1 aromatic heterocycles. The molecule has 2 heterocycles. The molecule has 0 bridgehead atoms. The number of benzene rings is 1. The standard InChI is InChI=1S/C16H16F2N2O2S/c17-12-7-13(18)9-14(8-12)22-10-15(21)20-4-1-11(2-5-20)16-19-3-6-23-16/h3,6-9,11H,1-2,4-5,10H2. The van der Waals surface area contributed by atoms with Crippen LogP contribution in [0.15, 0.2) is 29.8 Å². The van der Waals surface area contributed by atoms with Crippen molar-refractivity contribution < 1.29 is 18.3 Å². The van der Waals surface area contributed by atoms with Gasteiger partial charge in [-0.15, -0.1) is 11.3 Å². The number of amides is 1. The van der Waals surface area contributed by atoms with E-state index in [1.54, 1.807) is 22.4 Å². The Hall–Kier alpha value is -2.02. The lowest BCUT2D eigenvalue weighted by molar-refractivity contribution is -0.134. The quantitative estimate of drug-likeness (QED) is 0.860. The lowest BCUT2D eigenvalue weighted by Gasteiger charge is -2.31. The third kappa shape index (κ3) is 4.04. The van der Waals surface area contributed by atoms with Crippen molar-refractivity contribution in [3.05, 3.63) is 46.4 Å². The number of halogens is 2. The van der Waals surface area contributed by atoms with E-state index in [1.807, 2.05) is 5.38 Å². The Kier molecular flexibility index (Phi) is 4.85. The molecule has 1 aromatic carbocycles. The predicted molar refractivity (Wildman–Crippen MR) is 82.5 cm³/mol. The zero-order chi connectivity index (χ0) is 16.2. The molecule has 1 saturated heterocycles. The second-order valence-corrected chi connectivity index (χ2v) is 6.35. The molecular weight excluding hydrogens is 322 g/mol. The van der Waals surface area contributed by atoms with Crippen molar-refractivity contribution in [3.8, 4) is 5.75 Å². The van der Waals surface area contributed by atoms with Crippen LogP contribution >= 0.6 is 11.3 Å². The first kappa shape index (κ1) is 15.9. The van der Waals surface area contributed by atoms with Gasteiger partial charge in [-0.2, -0.15) is 0 Å². The fourth-order valence-electron chi connectivity index (χ4n) is 2.66. The van der Waals surface area contributed by atoms with E-state index in [-0.39, 0.29) is 18.3 Å². The number of carbonyl (C=O) groups excluding carboxylic acids is 1. The Morgan fingerprint density at radius 2 is 1.96 bits per heavy atom. The lowest BCUT2D eigenvalue weighted by atomic mass is 9.97. The fraction of sp³-hybridized carbons (Fsp3) is 0.375. The van der Waals surface area contributed by atoms with Crippen molar-refractivity contribution in [2.45, 2.75) is 18.8 Å². The molecule has 2 aromatic rings. The normalized spacial score (nSPS) is 15.7. The number of ether oxygens (including phenoxy) is 1. The first-order valence-corrected chi connectivity index (χ1v) is 8.26. The van der Waals surface area contributed by atoms with Crippen LogP contribution in [0.25, 0.3) is 0 Å². The highest BCUT2D eigenvalue weighted by atomic mass is 32.1. The summed E-state index contributed by atoms with van der Waals surface area (Å²) in [6.07, 6.45) is 3.53. The fourth-order valence-corrected chi connectivity index (χ4v) is 3.47. The summed E-state index contributed by atoms with van der Waals surface area (Å²) in [5, 5.41) is 3.07. The van der Waals surface area contributed by atoms with Crippen LogP contribution in [-0.2, 0) is 4.79 Å². The third-order valence-electron chi connectivity index (χ3n) is 3.85. The molecule has 1 aliphatic heterocycles. The molecule has 7 heteroatoms. The van der Waals surface area contributed by atoms with Crippen molar-refractivity contribution in [2.24, 2.45) is 0 Å². The van der Waals surface area contributed by atoms with Gasteiger partial charge in [0.1, 0.15) is 17.4 Å². The molecule has 0 radical (unpaired) electrons. The molecule has 0 unspecified atom stereocenters. The van der Waals surface area contributed by atoms with Gasteiger partial charge in [0.25, 0.3) is 5.91 Å². The molecular formula is C16H16F2N2O2S. The molecule has 1 fully saturated rings. The highest BCUT2D eigenvalue weighted by molar-refractivity contribution is 7.09. The molecule has 1 amide bonds. The maximum absolute atomic E-state index is 13.1. The van der Waals surface area contributed by atoms with E-state index in [2.05, 4.69) is 4.98 Å². The van der Waals surface area contributed by atoms with Crippen LogP contribution < -0.4 is 4.74 Å². The number of aromatic nitrogens is 1. The van der Waals surface area contributed by atoms with Gasteiger partial charge in [0.2, 0.25) is 0 Å². The van der Waals surface area contributed by atoms with Crippen LogP contribution in [0, 0.1) is 11.6 Å². The number of carbonyl (C=O) groups is 1. The lowest BCUT2D eigenvalue weighted by Crippen LogP contribution is -2.40. The molecule has 0 aliphatic carbocycles. The second-order valence-electron chi connectivity index (χ2n) is 5.42. The monoisotopic (exact) mass is 338 g/mol. The Bertz CT molecular complexity index is 650. The van der Waals surface area contributed by atoms with Crippen molar-refractivity contribution >= 4 is 17.2 Å². The topological polar surface area (TPSA) is 42.4 Å². The Morgan fingerprint density at radius 3 is 2.57 bits per heavy atom. The maximum atomic E-state index is 13.1. The number of piperidine rings is 1. The van der Waals surface area contributed by atoms with E-state index < -0.39 is 11.6 Å². The van der Waals surface area contributed by atoms with Gasteiger partial charge in [0.05, 0.1) is 5.01 Å². The van der Waals surface area contributed by atoms with E-state index in [1.165, 1.54) is 0 Å². The number of likely N-dealkylation sites (tertiary alicyclic amines) is 1. The molecule has 0 N–H and O–H groups in total. The summed E-state index contributed by atoms with van der Waals surface area (Å²) in [6.45, 7) is 1.07. The third-order valence-corrected chi connectivity index (χ3v) is 4.78. The Labute approximate surface area is 136 Å². The minimum Gasteiger partial charge on any atom is -0.484 e. The maximum Gasteiger partial charge on any atom is 0.260 e. The van der Waals surface area contributed by atoms with Gasteiger partial charge in [0, 0.05) is 48.8 Å². The summed E-state index contributed by atoms with van der Waals surface area (Å²) < 4.78 is 31.3. The van der Waals surface area contributed by atoms with Crippen molar-refractivity contribution in [1.29, 1.82) is 0 Å². The average Bonchev–Trinajstić information content (AvgIpc) is 3.06. The number of hydrogen-bond acceptors (Lipinski definition) is 4. The molecule has 122 valence electrons. The van der Waals surface area contributed by atoms with Gasteiger partial charge in [0.15, 0.2) is 6.61 Å². The molecule has 23 heavy (non-hydrogen) atoms. The number of thiazole rings is 1. The van der Waals surface area contributed by atoms with Crippen LogP contribution in [0.1, 0.15) is 23.8 Å². The van der Waals surface area contributed by atoms with Gasteiger partial charge in [-0.3, -0.25) is 4.79 Å². The summed E-state index contributed by atoms with van der Waals surface area (Å²) >= 11 is 1.64. The summed E-state index contributed by atoms with van der Waals surface area (Å²) in [5.74, 6) is -1.20. The zero-order valence-electron chi connectivity index (χ0n) is 12.4. The molecule has 3 rings (SSSR count). The SMILES string of the molecule is O=C(COc1cc(F)cc(F)c1)N1CCC(c2nccs2)CC1. The molecule has 4 nitrogen and oxygen atoms in total. The van der Waals surface area contributed by atoms with Crippen LogP contribution in [0.3, 0.4) is 0 Å². The Balaban J connectivity index is 1.49. The van der Waals surface area contributed by atoms with E-state index >= 15 is 0 Å². The highest BCUT2D eigenvalue weighted by Gasteiger charge is 2.25. The summed E-state index contributed by atoms with van der Waals surface area (Å²) in [6, 6.07) is 2.88. The van der Waals surface area contributed by atoms with E-state index in [9.17, 15) is 13.6 Å². The van der Waals surface area contributed by atoms with Crippen molar-refractivity contribution in [2.75, 3.05) is 19.7 Å². The van der Waals surface area contributed by atoms with Crippen LogP contribution in [0.5, 0.6) is 5.75 Å². The number of rotatable bonds is 4. The highest BCUT2D eigenvalue weighted by Crippen LogP contribution is 2.29. The summed E-state index contributed by atoms with van der Waals surface area (Å²) in [4.78, 5) is 18.2. The number of nitrogens with zero attached hydrogens (tertiary/aromatic N) is 2. The summed E-state index contributed by atoms with van der Waals surface area (Å²) in [7, 11) is 0. The van der Waals surface area contributed by atoms with Crippen LogP contribution in [0.4, 0.5) is 8.78 Å². The second kappa shape index (κ2) is 7.04. The largest absolute Gasteiger partial charge is 0.484 e. The van der Waals surface area contributed by atoms with E-state index in [0.717, 1.165) is 36.0 Å². The predicted octanol–water partition coefficient (Wildman–Crippen LogP) is 3.21. The number of hydrogen-bond donors (Lipinski definition) is 0. The van der Waals surface area contributed by atoms with Gasteiger partial charge >= 0.3 is 0 Å². The first-order chi connectivity index (χ1) is 11.1. The molecule has 0 atom stereocenters. The van der Waals surface area contributed by atoms with Crippen LogP contribution in [-0.4, -0.2) is 35.5 Å². The first-order valence-electron chi connectivity index (χ1n) is 7.38. The molecule has 0 spiro atoms. The zero-order valence-corrected chi connectivity index (χ0v) is 13.2. The van der Waals surface area contributed by atoms with Gasteiger partial charge in [-0.05, 0) is 12.8 Å². The van der Waals surface area contributed by atoms with Crippen molar-refractivity contribution in [1.82, 2.24) is 9.88 Å². The van der Waals surface area contributed by atoms with Gasteiger partial charge in [-0.25, -0.2) is 13.8 Å². The summed E-state index contributed by atoms with van der Waals surface area (Å²) in [5.41, 5.74) is 0. The molecule has 0 saturated carbocycles. The van der Waals surface area contributed by atoms with Gasteiger partial charge < -0.3 is 9.64 Å². The van der Waals surface area contributed by atoms with Gasteiger partial charge in [-0.1, -0.05) is 0 Å². The minimum absolute atomic E-state index is 0.0218. The average molecular weight is 338 g/mol. The Morgan fingerprint density at radius 1 is 1.26 bits per heavy atom. The molecule has 1 aliphatic rings.